The van der Waals surface area contributed by atoms with Gasteiger partial charge in [-0.25, -0.2) is 9.97 Å². The lowest BCUT2D eigenvalue weighted by molar-refractivity contribution is 0.0952. The van der Waals surface area contributed by atoms with Gasteiger partial charge in [0.1, 0.15) is 0 Å². The third-order valence-electron chi connectivity index (χ3n) is 3.71. The van der Waals surface area contributed by atoms with Crippen molar-refractivity contribution < 1.29 is 4.79 Å². The molecular weight excluding hydrogens is 312 g/mol. The van der Waals surface area contributed by atoms with Crippen molar-refractivity contribution in [2.75, 3.05) is 11.9 Å². The maximum atomic E-state index is 12.1. The number of anilines is 2. The van der Waals surface area contributed by atoms with Crippen molar-refractivity contribution in [3.8, 4) is 0 Å². The number of para-hydroxylation sites is 1. The van der Waals surface area contributed by atoms with Crippen molar-refractivity contribution in [3.63, 3.8) is 0 Å². The van der Waals surface area contributed by atoms with Crippen molar-refractivity contribution in [3.05, 3.63) is 84.2 Å². The van der Waals surface area contributed by atoms with Crippen molar-refractivity contribution in [1.82, 2.24) is 15.3 Å². The zero-order valence-corrected chi connectivity index (χ0v) is 13.9. The normalized spacial score (nSPS) is 10.2. The first-order chi connectivity index (χ1) is 12.3. The summed E-state index contributed by atoms with van der Waals surface area (Å²) in [5.74, 6) is 0.311. The first-order valence-electron chi connectivity index (χ1n) is 8.27. The zero-order chi connectivity index (χ0) is 17.3. The van der Waals surface area contributed by atoms with Gasteiger partial charge < -0.3 is 10.6 Å². The molecule has 0 atom stereocenters. The molecule has 0 bridgehead atoms. The summed E-state index contributed by atoms with van der Waals surface area (Å²) >= 11 is 0. The Hall–Kier alpha value is -3.21. The molecule has 2 aromatic carbocycles. The third kappa shape index (κ3) is 5.14. The molecule has 3 aromatic rings. The summed E-state index contributed by atoms with van der Waals surface area (Å²) in [6.45, 7) is 0.623. The van der Waals surface area contributed by atoms with Gasteiger partial charge in [-0.3, -0.25) is 4.79 Å². The van der Waals surface area contributed by atoms with E-state index in [0.717, 1.165) is 18.5 Å². The Morgan fingerprint density at radius 1 is 0.880 bits per heavy atom. The molecule has 0 radical (unpaired) electrons. The second-order valence-corrected chi connectivity index (χ2v) is 5.63. The smallest absolute Gasteiger partial charge is 0.254 e. The van der Waals surface area contributed by atoms with Gasteiger partial charge in [0.05, 0.1) is 5.56 Å². The summed E-state index contributed by atoms with van der Waals surface area (Å²) in [6.07, 6.45) is 4.90. The lowest BCUT2D eigenvalue weighted by Gasteiger charge is -2.07. The average molecular weight is 332 g/mol. The van der Waals surface area contributed by atoms with E-state index < -0.39 is 0 Å². The van der Waals surface area contributed by atoms with E-state index in [-0.39, 0.29) is 5.91 Å². The molecule has 5 nitrogen and oxygen atoms in total. The van der Waals surface area contributed by atoms with E-state index in [1.165, 1.54) is 18.0 Å². The molecule has 1 aromatic heterocycles. The van der Waals surface area contributed by atoms with E-state index in [0.29, 0.717) is 18.1 Å². The van der Waals surface area contributed by atoms with Gasteiger partial charge in [-0.2, -0.15) is 0 Å². The molecule has 126 valence electrons. The highest BCUT2D eigenvalue weighted by molar-refractivity contribution is 5.93. The monoisotopic (exact) mass is 332 g/mol. The van der Waals surface area contributed by atoms with Crippen LogP contribution in [0.3, 0.4) is 0 Å². The number of amides is 1. The molecule has 25 heavy (non-hydrogen) atoms. The second kappa shape index (κ2) is 8.59. The molecule has 5 heteroatoms. The largest absolute Gasteiger partial charge is 0.352 e. The number of hydrogen-bond donors (Lipinski definition) is 2. The average Bonchev–Trinajstić information content (AvgIpc) is 2.67. The van der Waals surface area contributed by atoms with Gasteiger partial charge >= 0.3 is 0 Å². The van der Waals surface area contributed by atoms with Crippen LogP contribution < -0.4 is 10.6 Å². The Kier molecular flexibility index (Phi) is 5.72. The molecule has 1 heterocycles. The Balaban J connectivity index is 1.46. The quantitative estimate of drug-likeness (QED) is 0.649. The number of carbonyl (C=O) groups is 1. The number of aromatic nitrogens is 2. The minimum Gasteiger partial charge on any atom is -0.352 e. The number of nitrogens with zero attached hydrogens (tertiary/aromatic N) is 2. The van der Waals surface area contributed by atoms with E-state index in [4.69, 9.17) is 0 Å². The van der Waals surface area contributed by atoms with Crippen molar-refractivity contribution in [2.45, 2.75) is 12.8 Å². The lowest BCUT2D eigenvalue weighted by Crippen LogP contribution is -2.25. The van der Waals surface area contributed by atoms with Crippen molar-refractivity contribution in [2.24, 2.45) is 0 Å². The topological polar surface area (TPSA) is 66.9 Å². The molecule has 0 fully saturated rings. The molecule has 0 aliphatic carbocycles. The maximum Gasteiger partial charge on any atom is 0.254 e. The molecule has 0 aliphatic rings. The summed E-state index contributed by atoms with van der Waals surface area (Å²) in [5.41, 5.74) is 2.63. The van der Waals surface area contributed by atoms with Crippen molar-refractivity contribution in [1.29, 1.82) is 0 Å². The minimum atomic E-state index is -0.153. The van der Waals surface area contributed by atoms with Gasteiger partial charge in [0.15, 0.2) is 0 Å². The van der Waals surface area contributed by atoms with Crippen LogP contribution in [0.25, 0.3) is 0 Å². The Morgan fingerprint density at radius 3 is 2.20 bits per heavy atom. The fraction of sp³-hybridized carbons (Fsp3) is 0.150. The first-order valence-corrected chi connectivity index (χ1v) is 8.27. The summed E-state index contributed by atoms with van der Waals surface area (Å²) in [5, 5.41) is 5.99. The predicted octanol–water partition coefficient (Wildman–Crippen LogP) is 3.58. The van der Waals surface area contributed by atoms with Crippen LogP contribution in [0, 0.1) is 0 Å². The van der Waals surface area contributed by atoms with Crippen LogP contribution >= 0.6 is 0 Å². The molecular formula is C20H20N4O. The minimum absolute atomic E-state index is 0.153. The van der Waals surface area contributed by atoms with Crippen LogP contribution in [-0.4, -0.2) is 22.4 Å². The fourth-order valence-electron chi connectivity index (χ4n) is 2.40. The van der Waals surface area contributed by atoms with Crippen molar-refractivity contribution >= 4 is 17.5 Å². The van der Waals surface area contributed by atoms with Crippen LogP contribution in [0.1, 0.15) is 22.3 Å². The van der Waals surface area contributed by atoms with Crippen LogP contribution in [0.4, 0.5) is 11.6 Å². The Labute approximate surface area is 147 Å². The Bertz CT molecular complexity index is 789. The molecule has 0 unspecified atom stereocenters. The van der Waals surface area contributed by atoms with Crippen LogP contribution in [0.2, 0.25) is 0 Å². The molecule has 0 aliphatic heterocycles. The number of hydrogen-bond acceptors (Lipinski definition) is 4. The van der Waals surface area contributed by atoms with E-state index in [2.05, 4.69) is 32.7 Å². The van der Waals surface area contributed by atoms with Gasteiger partial charge in [-0.1, -0.05) is 48.5 Å². The number of benzene rings is 2. The van der Waals surface area contributed by atoms with Crippen LogP contribution in [0.5, 0.6) is 0 Å². The van der Waals surface area contributed by atoms with E-state index in [9.17, 15) is 4.79 Å². The van der Waals surface area contributed by atoms with Crippen LogP contribution in [0.15, 0.2) is 73.1 Å². The summed E-state index contributed by atoms with van der Waals surface area (Å²) in [4.78, 5) is 20.5. The van der Waals surface area contributed by atoms with Gasteiger partial charge in [-0.15, -0.1) is 0 Å². The zero-order valence-electron chi connectivity index (χ0n) is 13.9. The standard InChI is InChI=1S/C20H20N4O/c25-19(21-13-7-10-16-8-3-1-4-9-16)17-14-22-20(23-15-17)24-18-11-5-2-6-12-18/h1-6,8-9,11-12,14-15H,7,10,13H2,(H,21,25)(H,22,23,24). The predicted molar refractivity (Wildman–Crippen MR) is 98.9 cm³/mol. The SMILES string of the molecule is O=C(NCCCc1ccccc1)c1cnc(Nc2ccccc2)nc1. The second-order valence-electron chi connectivity index (χ2n) is 5.63. The van der Waals surface area contributed by atoms with E-state index in [1.807, 2.05) is 48.5 Å². The van der Waals surface area contributed by atoms with Gasteiger partial charge in [-0.05, 0) is 30.5 Å². The number of aryl methyl sites for hydroxylation is 1. The van der Waals surface area contributed by atoms with E-state index in [1.54, 1.807) is 0 Å². The van der Waals surface area contributed by atoms with Gasteiger partial charge in [0.2, 0.25) is 5.95 Å². The summed E-state index contributed by atoms with van der Waals surface area (Å²) in [6, 6.07) is 19.9. The van der Waals surface area contributed by atoms with Gasteiger partial charge in [0, 0.05) is 24.6 Å². The maximum absolute atomic E-state index is 12.1. The third-order valence-corrected chi connectivity index (χ3v) is 3.71. The highest BCUT2D eigenvalue weighted by Gasteiger charge is 2.06. The number of nitrogens with one attached hydrogen (secondary N) is 2. The molecule has 3 rings (SSSR count). The molecule has 0 spiro atoms. The highest BCUT2D eigenvalue weighted by Crippen LogP contribution is 2.11. The molecule has 2 N–H and O–H groups in total. The fourth-order valence-corrected chi connectivity index (χ4v) is 2.40. The first kappa shape index (κ1) is 16.6. The highest BCUT2D eigenvalue weighted by atomic mass is 16.1. The van der Waals surface area contributed by atoms with Crippen LogP contribution in [-0.2, 0) is 6.42 Å². The summed E-state index contributed by atoms with van der Waals surface area (Å²) in [7, 11) is 0. The van der Waals surface area contributed by atoms with E-state index >= 15 is 0 Å². The number of rotatable bonds is 7. The molecule has 0 saturated heterocycles. The summed E-state index contributed by atoms with van der Waals surface area (Å²) < 4.78 is 0. The van der Waals surface area contributed by atoms with Gasteiger partial charge in [0.25, 0.3) is 5.91 Å². The lowest BCUT2D eigenvalue weighted by atomic mass is 10.1. The molecule has 1 amide bonds. The Morgan fingerprint density at radius 2 is 1.52 bits per heavy atom. The number of carbonyl (C=O) groups excluding carboxylic acids is 1. The molecule has 0 saturated carbocycles.